The van der Waals surface area contributed by atoms with E-state index in [0.29, 0.717) is 18.0 Å². The van der Waals surface area contributed by atoms with Crippen molar-refractivity contribution in [1.29, 1.82) is 0 Å². The van der Waals surface area contributed by atoms with Crippen LogP contribution in [0.15, 0.2) is 82.8 Å². The summed E-state index contributed by atoms with van der Waals surface area (Å²) in [5.74, 6) is -0.0339. The number of carbonyl (C=O) groups is 1. The van der Waals surface area contributed by atoms with Crippen LogP contribution in [0.4, 0.5) is 0 Å². The number of aromatic amines is 1. The third-order valence-corrected chi connectivity index (χ3v) is 5.65. The van der Waals surface area contributed by atoms with E-state index in [4.69, 9.17) is 11.6 Å². The van der Waals surface area contributed by atoms with Gasteiger partial charge in [0.2, 0.25) is 5.91 Å². The van der Waals surface area contributed by atoms with Crippen LogP contribution in [0.1, 0.15) is 11.3 Å². The predicted molar refractivity (Wildman–Crippen MR) is 114 cm³/mol. The van der Waals surface area contributed by atoms with E-state index >= 15 is 0 Å². The largest absolute Gasteiger partial charge is 0.350 e. The summed E-state index contributed by atoms with van der Waals surface area (Å²) in [5, 5.41) is 5.69. The molecule has 140 valence electrons. The molecule has 4 aromatic rings. The second-order valence-corrected chi connectivity index (χ2v) is 7.83. The quantitative estimate of drug-likeness (QED) is 0.460. The van der Waals surface area contributed by atoms with Crippen molar-refractivity contribution in [3.05, 3.63) is 89.2 Å². The Balaban J connectivity index is 1.56. The molecule has 0 spiro atoms. The highest BCUT2D eigenvalue weighted by Crippen LogP contribution is 2.35. The molecule has 2 aromatic carbocycles. The first-order valence-corrected chi connectivity index (χ1v) is 10.1. The van der Waals surface area contributed by atoms with E-state index in [0.717, 1.165) is 32.1 Å². The zero-order chi connectivity index (χ0) is 19.3. The number of halogens is 1. The van der Waals surface area contributed by atoms with Crippen LogP contribution in [0.2, 0.25) is 5.02 Å². The van der Waals surface area contributed by atoms with E-state index in [1.165, 1.54) is 0 Å². The predicted octanol–water partition coefficient (Wildman–Crippen LogP) is 5.23. The van der Waals surface area contributed by atoms with Gasteiger partial charge in [0, 0.05) is 32.6 Å². The number of H-pyrrole nitrogens is 1. The maximum Gasteiger partial charge on any atom is 0.224 e. The molecule has 0 aliphatic rings. The maximum atomic E-state index is 12.6. The van der Waals surface area contributed by atoms with Gasteiger partial charge in [-0.15, -0.1) is 0 Å². The smallest absolute Gasteiger partial charge is 0.224 e. The minimum atomic E-state index is -0.0339. The summed E-state index contributed by atoms with van der Waals surface area (Å²) in [5.41, 5.74) is 2.85. The van der Waals surface area contributed by atoms with Gasteiger partial charge in [-0.2, -0.15) is 0 Å². The van der Waals surface area contributed by atoms with Crippen molar-refractivity contribution in [2.24, 2.45) is 0 Å². The molecular weight excluding hydrogens is 390 g/mol. The minimum absolute atomic E-state index is 0.0339. The lowest BCUT2D eigenvalue weighted by Crippen LogP contribution is -2.25. The van der Waals surface area contributed by atoms with Crippen LogP contribution in [-0.4, -0.2) is 15.9 Å². The molecular formula is C22H18ClN3OS. The molecule has 0 bridgehead atoms. The Kier molecular flexibility index (Phi) is 5.65. The Morgan fingerprint density at radius 1 is 1.04 bits per heavy atom. The zero-order valence-corrected chi connectivity index (χ0v) is 16.6. The van der Waals surface area contributed by atoms with Crippen molar-refractivity contribution in [1.82, 2.24) is 15.3 Å². The van der Waals surface area contributed by atoms with Gasteiger partial charge in [-0.25, -0.2) is 0 Å². The number of fused-ring (bicyclic) bond motifs is 1. The summed E-state index contributed by atoms with van der Waals surface area (Å²) >= 11 is 7.59. The highest BCUT2D eigenvalue weighted by Gasteiger charge is 2.16. The molecule has 0 aliphatic carbocycles. The molecule has 0 unspecified atom stereocenters. The fraction of sp³-hybridized carbons (Fsp3) is 0.0909. The summed E-state index contributed by atoms with van der Waals surface area (Å²) < 4.78 is 0. The first kappa shape index (κ1) is 18.6. The van der Waals surface area contributed by atoms with Crippen LogP contribution >= 0.6 is 23.4 Å². The number of carbonyl (C=O) groups excluding carboxylic acids is 1. The van der Waals surface area contributed by atoms with Crippen molar-refractivity contribution in [2.45, 2.75) is 22.9 Å². The van der Waals surface area contributed by atoms with Crippen molar-refractivity contribution in [2.75, 3.05) is 0 Å². The molecule has 1 amide bonds. The number of nitrogens with zero attached hydrogens (tertiary/aromatic N) is 1. The summed E-state index contributed by atoms with van der Waals surface area (Å²) in [4.78, 5) is 21.3. The van der Waals surface area contributed by atoms with Crippen molar-refractivity contribution in [3.63, 3.8) is 0 Å². The molecule has 6 heteroatoms. The molecule has 4 rings (SSSR count). The van der Waals surface area contributed by atoms with Gasteiger partial charge in [0.15, 0.2) is 0 Å². The van der Waals surface area contributed by atoms with E-state index in [1.54, 1.807) is 18.0 Å². The topological polar surface area (TPSA) is 57.8 Å². The van der Waals surface area contributed by atoms with Crippen LogP contribution < -0.4 is 5.32 Å². The third-order valence-electron chi connectivity index (χ3n) is 4.34. The summed E-state index contributed by atoms with van der Waals surface area (Å²) in [7, 11) is 0. The SMILES string of the molecule is O=C(Cc1c(Sc2ccc(Cl)cc2)[nH]c2ccccc12)NCc1ccccn1. The molecule has 2 aromatic heterocycles. The van der Waals surface area contributed by atoms with Gasteiger partial charge in [0.1, 0.15) is 0 Å². The number of amides is 1. The van der Waals surface area contributed by atoms with Crippen LogP contribution in [0.25, 0.3) is 10.9 Å². The maximum absolute atomic E-state index is 12.6. The van der Waals surface area contributed by atoms with Crippen molar-refractivity contribution >= 4 is 40.2 Å². The van der Waals surface area contributed by atoms with E-state index in [2.05, 4.69) is 15.3 Å². The van der Waals surface area contributed by atoms with E-state index < -0.39 is 0 Å². The molecule has 0 radical (unpaired) electrons. The Bertz CT molecular complexity index is 1090. The number of hydrogen-bond donors (Lipinski definition) is 2. The molecule has 0 atom stereocenters. The summed E-state index contributed by atoms with van der Waals surface area (Å²) in [6.45, 7) is 0.418. The highest BCUT2D eigenvalue weighted by molar-refractivity contribution is 7.99. The van der Waals surface area contributed by atoms with Crippen molar-refractivity contribution in [3.8, 4) is 0 Å². The number of benzene rings is 2. The second-order valence-electron chi connectivity index (χ2n) is 6.31. The third kappa shape index (κ3) is 4.38. The van der Waals surface area contributed by atoms with Crippen molar-refractivity contribution < 1.29 is 4.79 Å². The lowest BCUT2D eigenvalue weighted by atomic mass is 10.1. The van der Waals surface area contributed by atoms with Gasteiger partial charge in [-0.1, -0.05) is 47.6 Å². The molecule has 0 saturated heterocycles. The van der Waals surface area contributed by atoms with Gasteiger partial charge in [0.05, 0.1) is 23.7 Å². The first-order valence-electron chi connectivity index (χ1n) is 8.88. The van der Waals surface area contributed by atoms with E-state index in [1.807, 2.05) is 66.7 Å². The summed E-state index contributed by atoms with van der Waals surface area (Å²) in [6.07, 6.45) is 2.02. The molecule has 0 fully saturated rings. The standard InChI is InChI=1S/C22H18ClN3OS/c23-15-8-10-17(11-9-15)28-22-19(18-6-1-2-7-20(18)26-22)13-21(27)25-14-16-5-3-4-12-24-16/h1-12,26H,13-14H2,(H,25,27). The van der Waals surface area contributed by atoms with Gasteiger partial charge < -0.3 is 10.3 Å². The second kappa shape index (κ2) is 8.50. The lowest BCUT2D eigenvalue weighted by Gasteiger charge is -2.07. The number of aromatic nitrogens is 2. The average molecular weight is 408 g/mol. The Labute approximate surface area is 172 Å². The van der Waals surface area contributed by atoms with Crippen LogP contribution in [0.3, 0.4) is 0 Å². The molecule has 28 heavy (non-hydrogen) atoms. The van der Waals surface area contributed by atoms with Crippen LogP contribution in [-0.2, 0) is 17.8 Å². The molecule has 0 saturated carbocycles. The number of para-hydroxylation sites is 1. The number of pyridine rings is 1. The first-order chi connectivity index (χ1) is 13.7. The van der Waals surface area contributed by atoms with Crippen LogP contribution in [0.5, 0.6) is 0 Å². The fourth-order valence-corrected chi connectivity index (χ4v) is 4.07. The van der Waals surface area contributed by atoms with Gasteiger partial charge in [0.25, 0.3) is 0 Å². The minimum Gasteiger partial charge on any atom is -0.350 e. The van der Waals surface area contributed by atoms with Crippen LogP contribution in [0, 0.1) is 0 Å². The average Bonchev–Trinajstić information content (AvgIpc) is 3.06. The highest BCUT2D eigenvalue weighted by atomic mass is 35.5. The van der Waals surface area contributed by atoms with Gasteiger partial charge in [-0.3, -0.25) is 9.78 Å². The Morgan fingerprint density at radius 2 is 1.82 bits per heavy atom. The number of nitrogens with one attached hydrogen (secondary N) is 2. The molecule has 4 nitrogen and oxygen atoms in total. The Hall–Kier alpha value is -2.76. The monoisotopic (exact) mass is 407 g/mol. The fourth-order valence-electron chi connectivity index (χ4n) is 2.97. The summed E-state index contributed by atoms with van der Waals surface area (Å²) in [6, 6.07) is 21.4. The van der Waals surface area contributed by atoms with E-state index in [9.17, 15) is 4.79 Å². The molecule has 2 N–H and O–H groups in total. The van der Waals surface area contributed by atoms with Gasteiger partial charge >= 0.3 is 0 Å². The zero-order valence-electron chi connectivity index (χ0n) is 15.0. The Morgan fingerprint density at radius 3 is 2.61 bits per heavy atom. The normalized spacial score (nSPS) is 10.9. The molecule has 0 aliphatic heterocycles. The van der Waals surface area contributed by atoms with E-state index in [-0.39, 0.29) is 5.91 Å². The number of rotatable bonds is 6. The number of hydrogen-bond acceptors (Lipinski definition) is 3. The van der Waals surface area contributed by atoms with Gasteiger partial charge in [-0.05, 0) is 42.5 Å². The molecule has 2 heterocycles. The lowest BCUT2D eigenvalue weighted by molar-refractivity contribution is -0.120.